The molecule has 1 aromatic rings. The van der Waals surface area contributed by atoms with E-state index in [0.717, 1.165) is 24.1 Å². The summed E-state index contributed by atoms with van der Waals surface area (Å²) in [5, 5.41) is 2.97. The molecule has 1 aromatic carbocycles. The van der Waals surface area contributed by atoms with Crippen molar-refractivity contribution in [2.75, 3.05) is 7.11 Å². The summed E-state index contributed by atoms with van der Waals surface area (Å²) >= 11 is 6.29. The van der Waals surface area contributed by atoms with Crippen molar-refractivity contribution >= 4 is 23.4 Å². The van der Waals surface area contributed by atoms with Crippen LogP contribution in [0.2, 0.25) is 0 Å². The van der Waals surface area contributed by atoms with Crippen LogP contribution in [-0.2, 0) is 9.53 Å². The number of nitrogens with two attached hydrogens (primary N) is 1. The van der Waals surface area contributed by atoms with Gasteiger partial charge in [-0.05, 0) is 31.2 Å². The number of hydrogen-bond donors (Lipinski definition) is 2. The van der Waals surface area contributed by atoms with Crippen molar-refractivity contribution in [3.63, 3.8) is 0 Å². The van der Waals surface area contributed by atoms with Gasteiger partial charge in [-0.15, -0.1) is 0 Å². The standard InChI is InChI=1S/C18H22ClN3O2/c1-11(14-9-10-14)21-16(18(23)24-3)15(19)17(20)22-12(2)13-7-5-4-6-8-13/h4-8,12,14,21H,1,9-10H2,2-3H3,(H2,20,22). The Hall–Kier alpha value is -2.27. The van der Waals surface area contributed by atoms with Gasteiger partial charge in [-0.25, -0.2) is 4.79 Å². The molecule has 0 heterocycles. The number of aliphatic imine (C=N–C) groups is 1. The van der Waals surface area contributed by atoms with Crippen LogP contribution in [0.5, 0.6) is 0 Å². The predicted molar refractivity (Wildman–Crippen MR) is 96.4 cm³/mol. The lowest BCUT2D eigenvalue weighted by molar-refractivity contribution is -0.136. The minimum absolute atomic E-state index is 0.0337. The molecule has 0 radical (unpaired) electrons. The van der Waals surface area contributed by atoms with Crippen LogP contribution in [-0.4, -0.2) is 18.9 Å². The van der Waals surface area contributed by atoms with Crippen LogP contribution < -0.4 is 11.1 Å². The average Bonchev–Trinajstić information content (AvgIpc) is 3.44. The van der Waals surface area contributed by atoms with Gasteiger partial charge >= 0.3 is 5.97 Å². The van der Waals surface area contributed by atoms with E-state index >= 15 is 0 Å². The van der Waals surface area contributed by atoms with Crippen LogP contribution in [0.4, 0.5) is 0 Å². The molecule has 0 bridgehead atoms. The molecule has 1 fully saturated rings. The van der Waals surface area contributed by atoms with Crippen molar-refractivity contribution in [3.05, 3.63) is 58.9 Å². The smallest absolute Gasteiger partial charge is 0.356 e. The van der Waals surface area contributed by atoms with E-state index in [9.17, 15) is 4.79 Å². The molecule has 1 aliphatic rings. The highest BCUT2D eigenvalue weighted by atomic mass is 35.5. The number of nitrogens with one attached hydrogen (secondary N) is 1. The zero-order chi connectivity index (χ0) is 17.7. The topological polar surface area (TPSA) is 76.7 Å². The summed E-state index contributed by atoms with van der Waals surface area (Å²) in [6.45, 7) is 5.83. The number of halogens is 1. The maximum absolute atomic E-state index is 12.0. The molecular weight excluding hydrogens is 326 g/mol. The summed E-state index contributed by atoms with van der Waals surface area (Å²) in [5.74, 6) is -0.174. The number of benzene rings is 1. The summed E-state index contributed by atoms with van der Waals surface area (Å²) in [6, 6.07) is 9.50. The molecule has 24 heavy (non-hydrogen) atoms. The van der Waals surface area contributed by atoms with Gasteiger partial charge in [-0.1, -0.05) is 48.5 Å². The highest BCUT2D eigenvalue weighted by Gasteiger charge is 2.28. The second kappa shape index (κ2) is 8.02. The molecule has 0 aliphatic heterocycles. The monoisotopic (exact) mass is 347 g/mol. The molecule has 0 saturated heterocycles. The van der Waals surface area contributed by atoms with E-state index in [2.05, 4.69) is 16.9 Å². The molecular formula is C18H22ClN3O2. The third kappa shape index (κ3) is 4.61. The Morgan fingerprint density at radius 2 is 2.04 bits per heavy atom. The molecule has 128 valence electrons. The van der Waals surface area contributed by atoms with Gasteiger partial charge in [0.25, 0.3) is 0 Å². The minimum atomic E-state index is -0.604. The molecule has 1 aliphatic carbocycles. The van der Waals surface area contributed by atoms with Crippen molar-refractivity contribution in [1.29, 1.82) is 0 Å². The van der Waals surface area contributed by atoms with Crippen molar-refractivity contribution in [2.24, 2.45) is 16.6 Å². The van der Waals surface area contributed by atoms with E-state index in [1.165, 1.54) is 7.11 Å². The third-order valence-electron chi connectivity index (χ3n) is 3.80. The van der Waals surface area contributed by atoms with Crippen LogP contribution in [0.25, 0.3) is 0 Å². The Balaban J connectivity index is 2.25. The number of allylic oxidation sites excluding steroid dienone is 1. The molecule has 3 N–H and O–H groups in total. The number of carbonyl (C=O) groups excluding carboxylic acids is 1. The number of esters is 1. The normalized spacial score (nSPS) is 16.9. The lowest BCUT2D eigenvalue weighted by Gasteiger charge is -2.14. The number of rotatable bonds is 7. The first-order valence-electron chi connectivity index (χ1n) is 7.76. The van der Waals surface area contributed by atoms with E-state index < -0.39 is 5.97 Å². The fraction of sp³-hybridized carbons (Fsp3) is 0.333. The van der Waals surface area contributed by atoms with E-state index in [4.69, 9.17) is 22.1 Å². The Labute approximate surface area is 147 Å². The highest BCUT2D eigenvalue weighted by Crippen LogP contribution is 2.34. The van der Waals surface area contributed by atoms with Crippen LogP contribution in [0, 0.1) is 5.92 Å². The van der Waals surface area contributed by atoms with Crippen LogP contribution in [0.3, 0.4) is 0 Å². The molecule has 0 aromatic heterocycles. The van der Waals surface area contributed by atoms with Gasteiger partial charge in [-0.3, -0.25) is 4.99 Å². The van der Waals surface area contributed by atoms with Gasteiger partial charge in [0.2, 0.25) is 0 Å². The molecule has 1 saturated carbocycles. The van der Waals surface area contributed by atoms with Crippen molar-refractivity contribution in [2.45, 2.75) is 25.8 Å². The van der Waals surface area contributed by atoms with Gasteiger partial charge < -0.3 is 15.8 Å². The molecule has 1 atom stereocenters. The lowest BCUT2D eigenvalue weighted by atomic mass is 10.1. The zero-order valence-corrected chi connectivity index (χ0v) is 14.6. The quantitative estimate of drug-likeness (QED) is 0.343. The second-order valence-electron chi connectivity index (χ2n) is 5.71. The summed E-state index contributed by atoms with van der Waals surface area (Å²) in [5.41, 5.74) is 7.80. The highest BCUT2D eigenvalue weighted by molar-refractivity contribution is 6.44. The first-order chi connectivity index (χ1) is 11.4. The van der Waals surface area contributed by atoms with Crippen LogP contribution in [0.15, 0.2) is 58.3 Å². The summed E-state index contributed by atoms with van der Waals surface area (Å²) in [4.78, 5) is 16.4. The van der Waals surface area contributed by atoms with Crippen molar-refractivity contribution in [3.8, 4) is 0 Å². The molecule has 5 nitrogen and oxygen atoms in total. The summed E-state index contributed by atoms with van der Waals surface area (Å²) < 4.78 is 4.78. The SMILES string of the molecule is C=C(NC(C(=O)OC)=C(Cl)C(N)=NC(C)c1ccccc1)C1CC1. The lowest BCUT2D eigenvalue weighted by Crippen LogP contribution is -2.27. The van der Waals surface area contributed by atoms with Gasteiger partial charge in [0.15, 0.2) is 0 Å². The number of hydrogen-bond acceptors (Lipinski definition) is 4. The van der Waals surface area contributed by atoms with Gasteiger partial charge in [0.05, 0.1) is 13.2 Å². The fourth-order valence-electron chi connectivity index (χ4n) is 2.19. The van der Waals surface area contributed by atoms with Crippen LogP contribution in [0.1, 0.15) is 31.4 Å². The van der Waals surface area contributed by atoms with E-state index in [1.807, 2.05) is 37.3 Å². The third-order valence-corrected chi connectivity index (χ3v) is 4.19. The van der Waals surface area contributed by atoms with E-state index in [1.54, 1.807) is 0 Å². The van der Waals surface area contributed by atoms with E-state index in [-0.39, 0.29) is 22.6 Å². The first kappa shape index (κ1) is 18.1. The van der Waals surface area contributed by atoms with E-state index in [0.29, 0.717) is 5.92 Å². The molecule has 0 amide bonds. The maximum Gasteiger partial charge on any atom is 0.356 e. The molecule has 1 unspecified atom stereocenters. The summed E-state index contributed by atoms with van der Waals surface area (Å²) in [6.07, 6.45) is 2.10. The van der Waals surface area contributed by atoms with Gasteiger partial charge in [0, 0.05) is 5.70 Å². The number of amidine groups is 1. The fourth-order valence-corrected chi connectivity index (χ4v) is 2.36. The Kier molecular flexibility index (Phi) is 6.04. The minimum Gasteiger partial charge on any atom is -0.464 e. The zero-order valence-electron chi connectivity index (χ0n) is 13.9. The second-order valence-corrected chi connectivity index (χ2v) is 6.08. The largest absolute Gasteiger partial charge is 0.464 e. The molecule has 6 heteroatoms. The number of methoxy groups -OCH3 is 1. The maximum atomic E-state index is 12.0. The van der Waals surface area contributed by atoms with Gasteiger partial charge in [-0.2, -0.15) is 0 Å². The number of carbonyl (C=O) groups is 1. The first-order valence-corrected chi connectivity index (χ1v) is 8.14. The molecule has 2 rings (SSSR count). The molecule has 0 spiro atoms. The summed E-state index contributed by atoms with van der Waals surface area (Å²) in [7, 11) is 1.29. The predicted octanol–water partition coefficient (Wildman–Crippen LogP) is 3.24. The van der Waals surface area contributed by atoms with Crippen molar-refractivity contribution < 1.29 is 9.53 Å². The Bertz CT molecular complexity index is 679. The Morgan fingerprint density at radius 1 is 1.42 bits per heavy atom. The average molecular weight is 348 g/mol. The van der Waals surface area contributed by atoms with Crippen molar-refractivity contribution in [1.82, 2.24) is 5.32 Å². The number of nitrogens with zero attached hydrogens (tertiary/aromatic N) is 1. The number of ether oxygens (including phenoxy) is 1. The van der Waals surface area contributed by atoms with Gasteiger partial charge in [0.1, 0.15) is 16.6 Å². The Morgan fingerprint density at radius 3 is 2.58 bits per heavy atom. The van der Waals surface area contributed by atoms with Crippen LogP contribution >= 0.6 is 11.6 Å².